The SMILES string of the molecule is CC(C)CCOc1n[c-]nc2cc(Cl)[nH]c12.CC(C)CCOc1n[c-]nc2cc(Cl)[nH]c12.[C-]1=CC=CC1.[C-]1=CC=CC1.[Ti+4]. The van der Waals surface area contributed by atoms with Crippen LogP contribution in [0.2, 0.25) is 10.3 Å². The van der Waals surface area contributed by atoms with E-state index in [1.54, 1.807) is 12.1 Å². The minimum absolute atomic E-state index is 0. The molecule has 0 saturated heterocycles. The van der Waals surface area contributed by atoms with E-state index in [1.807, 2.05) is 24.3 Å². The Labute approximate surface area is 279 Å². The molecule has 6 rings (SSSR count). The van der Waals surface area contributed by atoms with E-state index < -0.39 is 0 Å². The summed E-state index contributed by atoms with van der Waals surface area (Å²) in [5, 5.41) is 1.05. The quantitative estimate of drug-likeness (QED) is 0.146. The Morgan fingerprint density at radius 3 is 1.44 bits per heavy atom. The third-order valence-corrected chi connectivity index (χ3v) is 6.05. The summed E-state index contributed by atoms with van der Waals surface area (Å²) in [5.74, 6) is 2.23. The zero-order chi connectivity index (χ0) is 30.2. The molecule has 11 heteroatoms. The van der Waals surface area contributed by atoms with Crippen LogP contribution in [-0.4, -0.2) is 43.1 Å². The van der Waals surface area contributed by atoms with Crippen LogP contribution in [0.15, 0.2) is 48.6 Å². The predicted molar refractivity (Wildman–Crippen MR) is 169 cm³/mol. The van der Waals surface area contributed by atoms with E-state index in [2.05, 4.69) is 94.6 Å². The molecule has 4 heterocycles. The molecule has 0 atom stereocenters. The average molecular weight is 655 g/mol. The van der Waals surface area contributed by atoms with Gasteiger partial charge in [-0.15, -0.1) is 12.8 Å². The zero-order valence-corrected chi connectivity index (χ0v) is 28.0. The Bertz CT molecular complexity index is 1360. The van der Waals surface area contributed by atoms with Crippen LogP contribution in [0.3, 0.4) is 0 Å². The van der Waals surface area contributed by atoms with E-state index in [0.29, 0.717) is 47.1 Å². The molecule has 224 valence electrons. The van der Waals surface area contributed by atoms with E-state index in [9.17, 15) is 0 Å². The minimum atomic E-state index is 0. The van der Waals surface area contributed by atoms with Crippen LogP contribution in [0.1, 0.15) is 53.4 Å². The molecule has 2 aliphatic carbocycles. The second-order valence-electron chi connectivity index (χ2n) is 10.1. The van der Waals surface area contributed by atoms with Crippen LogP contribution in [0.4, 0.5) is 0 Å². The van der Waals surface area contributed by atoms with Gasteiger partial charge in [-0.25, -0.2) is 24.3 Å². The van der Waals surface area contributed by atoms with Crippen LogP contribution >= 0.6 is 23.2 Å². The maximum atomic E-state index is 5.85. The van der Waals surface area contributed by atoms with Gasteiger partial charge >= 0.3 is 21.7 Å². The summed E-state index contributed by atoms with van der Waals surface area (Å²) in [7, 11) is 0. The standard InChI is InChI=1S/2C11H13ClN3O.2C5H5.Ti/c2*1-7(2)3-4-16-11-10-8(13-6-14-11)5-9(12)15-10;2*1-2-4-5-3-1;/h2*5,7,15H,3-4H2,1-2H3;2*1-3H,4H2;/q4*-1;+4. The number of nitrogens with one attached hydrogen (secondary N) is 2. The Morgan fingerprint density at radius 1 is 0.721 bits per heavy atom. The molecule has 0 aliphatic heterocycles. The van der Waals surface area contributed by atoms with Gasteiger partial charge in [-0.05, 0) is 35.7 Å². The molecule has 2 aliphatic rings. The molecule has 0 radical (unpaired) electrons. The molecule has 2 N–H and O–H groups in total. The fourth-order valence-electron chi connectivity index (χ4n) is 3.36. The molecule has 0 fully saturated rings. The second kappa shape index (κ2) is 20.1. The van der Waals surface area contributed by atoms with Crippen molar-refractivity contribution in [3.8, 4) is 11.8 Å². The molecular weight excluding hydrogens is 619 g/mol. The first-order chi connectivity index (χ1) is 20.3. The van der Waals surface area contributed by atoms with E-state index in [4.69, 9.17) is 32.7 Å². The molecule has 0 aromatic carbocycles. The third kappa shape index (κ3) is 13.5. The number of aromatic amines is 2. The van der Waals surface area contributed by atoms with E-state index in [-0.39, 0.29) is 21.7 Å². The first-order valence-corrected chi connectivity index (χ1v) is 14.6. The first kappa shape index (κ1) is 36.3. The summed E-state index contributed by atoms with van der Waals surface area (Å²) in [6, 6.07) is 3.45. The molecule has 0 amide bonds. The van der Waals surface area contributed by atoms with Gasteiger partial charge in [0.2, 0.25) is 0 Å². The number of rotatable bonds is 8. The average Bonchev–Trinajstić information content (AvgIpc) is 3.78. The van der Waals surface area contributed by atoms with Crippen LogP contribution < -0.4 is 9.47 Å². The van der Waals surface area contributed by atoms with E-state index in [1.165, 1.54) is 0 Å². The predicted octanol–water partition coefficient (Wildman–Crippen LogP) is 8.28. The number of halogens is 2. The number of nitrogens with zero attached hydrogens (tertiary/aromatic N) is 4. The molecule has 43 heavy (non-hydrogen) atoms. The minimum Gasteiger partial charge on any atom is -0.533 e. The van der Waals surface area contributed by atoms with E-state index in [0.717, 1.165) is 47.8 Å². The van der Waals surface area contributed by atoms with Crippen LogP contribution in [0, 0.1) is 36.6 Å². The fraction of sp³-hybridized carbons (Fsp3) is 0.375. The van der Waals surface area contributed by atoms with Crippen molar-refractivity contribution < 1.29 is 31.2 Å². The van der Waals surface area contributed by atoms with Crippen molar-refractivity contribution in [3.63, 3.8) is 0 Å². The summed E-state index contributed by atoms with van der Waals surface area (Å²) in [6.45, 7) is 9.86. The van der Waals surface area contributed by atoms with Gasteiger partial charge in [-0.2, -0.15) is 12.2 Å². The molecule has 0 unspecified atom stereocenters. The normalized spacial score (nSPS) is 12.5. The number of hydrogen-bond donors (Lipinski definition) is 2. The third-order valence-electron chi connectivity index (χ3n) is 5.64. The van der Waals surface area contributed by atoms with Gasteiger partial charge in [0.1, 0.15) is 11.8 Å². The first-order valence-electron chi connectivity index (χ1n) is 13.9. The van der Waals surface area contributed by atoms with E-state index >= 15 is 0 Å². The fourth-order valence-corrected chi connectivity index (χ4v) is 3.75. The molecule has 8 nitrogen and oxygen atoms in total. The summed E-state index contributed by atoms with van der Waals surface area (Å²) in [4.78, 5) is 21.8. The Balaban J connectivity index is 0.000000223. The number of fused-ring (bicyclic) bond motifs is 2. The van der Waals surface area contributed by atoms with Crippen molar-refractivity contribution in [2.75, 3.05) is 13.2 Å². The van der Waals surface area contributed by atoms with Gasteiger partial charge < -0.3 is 39.4 Å². The summed E-state index contributed by atoms with van der Waals surface area (Å²) >= 11 is 11.7. The second-order valence-corrected chi connectivity index (χ2v) is 10.9. The van der Waals surface area contributed by atoms with Gasteiger partial charge in [0.05, 0.1) is 23.5 Å². The van der Waals surface area contributed by atoms with Crippen LogP contribution in [-0.2, 0) is 21.7 Å². The van der Waals surface area contributed by atoms with Crippen molar-refractivity contribution in [1.82, 2.24) is 29.9 Å². The monoisotopic (exact) mass is 654 g/mol. The Kier molecular flexibility index (Phi) is 17.0. The van der Waals surface area contributed by atoms with Crippen molar-refractivity contribution in [2.45, 2.75) is 53.4 Å². The van der Waals surface area contributed by atoms with Gasteiger partial charge in [0, 0.05) is 23.7 Å². The van der Waals surface area contributed by atoms with Gasteiger partial charge in [0.25, 0.3) is 0 Å². The van der Waals surface area contributed by atoms with Crippen molar-refractivity contribution in [1.29, 1.82) is 0 Å². The van der Waals surface area contributed by atoms with Crippen LogP contribution in [0.5, 0.6) is 11.8 Å². The van der Waals surface area contributed by atoms with Crippen LogP contribution in [0.25, 0.3) is 22.1 Å². The Hall–Kier alpha value is -2.91. The molecular formula is C32H36Cl2N6O2Ti. The number of ether oxygens (including phenoxy) is 2. The molecule has 0 spiro atoms. The maximum Gasteiger partial charge on any atom is 4.00 e. The molecule has 0 bridgehead atoms. The Morgan fingerprint density at radius 2 is 1.14 bits per heavy atom. The number of allylic oxidation sites excluding steroid dienone is 8. The number of aromatic nitrogens is 6. The van der Waals surface area contributed by atoms with Gasteiger partial charge in [-0.3, -0.25) is 12.2 Å². The summed E-state index contributed by atoms with van der Waals surface area (Å²) in [6.07, 6.45) is 27.1. The largest absolute Gasteiger partial charge is 4.00 e. The van der Waals surface area contributed by atoms with Gasteiger partial charge in [0.15, 0.2) is 0 Å². The van der Waals surface area contributed by atoms with Crippen molar-refractivity contribution >= 4 is 45.3 Å². The summed E-state index contributed by atoms with van der Waals surface area (Å²) < 4.78 is 11.1. The molecule has 4 aromatic heterocycles. The van der Waals surface area contributed by atoms with Crippen molar-refractivity contribution in [2.24, 2.45) is 11.8 Å². The zero-order valence-electron chi connectivity index (χ0n) is 24.9. The number of H-pyrrole nitrogens is 2. The number of hydrogen-bond acceptors (Lipinski definition) is 6. The topological polar surface area (TPSA) is 102 Å². The molecule has 4 aromatic rings. The van der Waals surface area contributed by atoms with Gasteiger partial charge in [-0.1, -0.05) is 63.0 Å². The van der Waals surface area contributed by atoms with Crippen molar-refractivity contribution in [3.05, 3.63) is 83.7 Å². The maximum absolute atomic E-state index is 5.85. The smallest absolute Gasteiger partial charge is 0.533 e. The molecule has 0 saturated carbocycles. The summed E-state index contributed by atoms with van der Waals surface area (Å²) in [5.41, 5.74) is 2.90.